The average molecular weight is 228 g/mol. The summed E-state index contributed by atoms with van der Waals surface area (Å²) < 4.78 is 4.77. The van der Waals surface area contributed by atoms with Crippen LogP contribution in [0.1, 0.15) is 26.7 Å². The van der Waals surface area contributed by atoms with Gasteiger partial charge in [0.25, 0.3) is 0 Å². The summed E-state index contributed by atoms with van der Waals surface area (Å²) in [4.78, 5) is 32.5. The van der Waals surface area contributed by atoms with Crippen molar-refractivity contribution in [3.63, 3.8) is 0 Å². The van der Waals surface area contributed by atoms with Crippen molar-refractivity contribution >= 4 is 17.7 Å². The quantitative estimate of drug-likeness (QED) is 0.306. The third-order valence-electron chi connectivity index (χ3n) is 2.01. The van der Waals surface area contributed by atoms with E-state index in [9.17, 15) is 14.4 Å². The highest BCUT2D eigenvalue weighted by molar-refractivity contribution is 5.96. The van der Waals surface area contributed by atoms with Crippen molar-refractivity contribution < 1.29 is 24.2 Å². The Hall–Kier alpha value is -1.65. The Morgan fingerprint density at radius 3 is 2.25 bits per heavy atom. The first-order chi connectivity index (χ1) is 7.36. The highest BCUT2D eigenvalue weighted by Gasteiger charge is 2.21. The molecule has 0 bridgehead atoms. The molecule has 1 atom stereocenters. The largest absolute Gasteiger partial charge is 0.481 e. The summed E-state index contributed by atoms with van der Waals surface area (Å²) in [6.45, 7) is 6.26. The van der Waals surface area contributed by atoms with Crippen LogP contribution in [0, 0.1) is 5.92 Å². The molecule has 0 aromatic carbocycles. The first-order valence-electron chi connectivity index (χ1n) is 4.92. The van der Waals surface area contributed by atoms with Crippen LogP contribution < -0.4 is 0 Å². The minimum atomic E-state index is -1.14. The molecule has 0 aliphatic rings. The second-order valence-corrected chi connectivity index (χ2v) is 3.56. The SMILES string of the molecule is C=C(C)C(=O)OCCCC(C(C)=O)C(=O)O. The molecular formula is C11H16O5. The zero-order valence-corrected chi connectivity index (χ0v) is 9.49. The Kier molecular flexibility index (Phi) is 6.07. The van der Waals surface area contributed by atoms with E-state index in [1.54, 1.807) is 0 Å². The van der Waals surface area contributed by atoms with Crippen molar-refractivity contribution in [2.45, 2.75) is 26.7 Å². The van der Waals surface area contributed by atoms with Crippen LogP contribution in [0.3, 0.4) is 0 Å². The van der Waals surface area contributed by atoms with E-state index in [1.165, 1.54) is 13.8 Å². The monoisotopic (exact) mass is 228 g/mol. The lowest BCUT2D eigenvalue weighted by Crippen LogP contribution is -2.22. The third kappa shape index (κ3) is 5.29. The van der Waals surface area contributed by atoms with Crippen LogP contribution in [0.25, 0.3) is 0 Å². The Balaban J connectivity index is 3.88. The summed E-state index contributed by atoms with van der Waals surface area (Å²) in [7, 11) is 0. The van der Waals surface area contributed by atoms with Gasteiger partial charge in [-0.25, -0.2) is 4.79 Å². The fourth-order valence-electron chi connectivity index (χ4n) is 1.08. The molecule has 0 saturated carbocycles. The molecule has 0 aromatic rings. The number of hydrogen-bond acceptors (Lipinski definition) is 4. The van der Waals surface area contributed by atoms with E-state index in [4.69, 9.17) is 9.84 Å². The van der Waals surface area contributed by atoms with Crippen molar-refractivity contribution in [3.05, 3.63) is 12.2 Å². The number of carboxylic acids is 1. The van der Waals surface area contributed by atoms with E-state index in [-0.39, 0.29) is 13.0 Å². The Morgan fingerprint density at radius 2 is 1.88 bits per heavy atom. The molecule has 0 rings (SSSR count). The first-order valence-corrected chi connectivity index (χ1v) is 4.92. The first kappa shape index (κ1) is 14.3. The van der Waals surface area contributed by atoms with Gasteiger partial charge in [-0.1, -0.05) is 6.58 Å². The summed E-state index contributed by atoms with van der Waals surface area (Å²) in [5.74, 6) is -3.05. The third-order valence-corrected chi connectivity index (χ3v) is 2.01. The molecule has 16 heavy (non-hydrogen) atoms. The van der Waals surface area contributed by atoms with Crippen LogP contribution in [0.5, 0.6) is 0 Å². The highest BCUT2D eigenvalue weighted by Crippen LogP contribution is 2.08. The number of hydrogen-bond donors (Lipinski definition) is 1. The molecule has 0 aliphatic carbocycles. The van der Waals surface area contributed by atoms with E-state index >= 15 is 0 Å². The molecule has 90 valence electrons. The number of carbonyl (C=O) groups excluding carboxylic acids is 2. The number of Topliss-reactive ketones (excluding diaryl/α,β-unsaturated/α-hetero) is 1. The van der Waals surface area contributed by atoms with Crippen LogP contribution in [0.4, 0.5) is 0 Å². The van der Waals surface area contributed by atoms with Gasteiger partial charge in [-0.2, -0.15) is 0 Å². The maximum absolute atomic E-state index is 11.0. The van der Waals surface area contributed by atoms with Gasteiger partial charge in [-0.15, -0.1) is 0 Å². The van der Waals surface area contributed by atoms with Crippen molar-refractivity contribution in [3.8, 4) is 0 Å². The Morgan fingerprint density at radius 1 is 1.31 bits per heavy atom. The molecule has 5 heteroatoms. The minimum Gasteiger partial charge on any atom is -0.481 e. The van der Waals surface area contributed by atoms with E-state index in [0.717, 1.165) is 0 Å². The van der Waals surface area contributed by atoms with Gasteiger partial charge in [-0.05, 0) is 26.7 Å². The number of ketones is 1. The van der Waals surface area contributed by atoms with Gasteiger partial charge in [0, 0.05) is 5.57 Å². The number of aliphatic carboxylic acids is 1. The van der Waals surface area contributed by atoms with E-state index in [2.05, 4.69) is 6.58 Å². The standard InChI is InChI=1S/C11H16O5/c1-7(2)11(15)16-6-4-5-9(8(3)12)10(13)14/h9H,1,4-6H2,2-3H3,(H,13,14). The van der Waals surface area contributed by atoms with Gasteiger partial charge in [0.05, 0.1) is 6.61 Å². The molecule has 1 N–H and O–H groups in total. The summed E-state index contributed by atoms with van der Waals surface area (Å²) in [6, 6.07) is 0. The van der Waals surface area contributed by atoms with Crippen molar-refractivity contribution in [2.24, 2.45) is 5.92 Å². The zero-order valence-electron chi connectivity index (χ0n) is 9.49. The van der Waals surface area contributed by atoms with Crippen LogP contribution in [0.15, 0.2) is 12.2 Å². The van der Waals surface area contributed by atoms with Crippen LogP contribution >= 0.6 is 0 Å². The molecule has 5 nitrogen and oxygen atoms in total. The number of esters is 1. The molecule has 0 heterocycles. The lowest BCUT2D eigenvalue weighted by Gasteiger charge is -2.08. The van der Waals surface area contributed by atoms with Crippen molar-refractivity contribution in [2.75, 3.05) is 6.61 Å². The molecule has 0 saturated heterocycles. The lowest BCUT2D eigenvalue weighted by atomic mass is 10.00. The average Bonchev–Trinajstić information content (AvgIpc) is 2.15. The highest BCUT2D eigenvalue weighted by atomic mass is 16.5. The molecule has 0 radical (unpaired) electrons. The molecule has 0 amide bonds. The molecule has 1 unspecified atom stereocenters. The number of carbonyl (C=O) groups is 3. The van der Waals surface area contributed by atoms with Gasteiger partial charge in [0.15, 0.2) is 0 Å². The maximum Gasteiger partial charge on any atom is 0.333 e. The van der Waals surface area contributed by atoms with Gasteiger partial charge < -0.3 is 9.84 Å². The van der Waals surface area contributed by atoms with Gasteiger partial charge in [0.2, 0.25) is 0 Å². The summed E-state index contributed by atoms with van der Waals surface area (Å²) >= 11 is 0. The van der Waals surface area contributed by atoms with Gasteiger partial charge in [0.1, 0.15) is 11.7 Å². The zero-order chi connectivity index (χ0) is 12.7. The molecule has 0 spiro atoms. The summed E-state index contributed by atoms with van der Waals surface area (Å²) in [6.07, 6.45) is 0.518. The lowest BCUT2D eigenvalue weighted by molar-refractivity contribution is -0.146. The summed E-state index contributed by atoms with van der Waals surface area (Å²) in [5, 5.41) is 8.70. The maximum atomic E-state index is 11.0. The van der Waals surface area contributed by atoms with Crippen LogP contribution in [-0.4, -0.2) is 29.4 Å². The second-order valence-electron chi connectivity index (χ2n) is 3.56. The van der Waals surface area contributed by atoms with Crippen molar-refractivity contribution in [1.29, 1.82) is 0 Å². The Labute approximate surface area is 94.1 Å². The molecule has 0 fully saturated rings. The van der Waals surface area contributed by atoms with Gasteiger partial charge in [-0.3, -0.25) is 9.59 Å². The number of carboxylic acid groups (broad SMARTS) is 1. The Bertz CT molecular complexity index is 291. The smallest absolute Gasteiger partial charge is 0.333 e. The molecular weight excluding hydrogens is 212 g/mol. The number of rotatable bonds is 7. The normalized spacial score (nSPS) is 11.6. The summed E-state index contributed by atoms with van der Waals surface area (Å²) in [5.41, 5.74) is 0.293. The van der Waals surface area contributed by atoms with E-state index in [0.29, 0.717) is 12.0 Å². The second kappa shape index (κ2) is 6.76. The predicted octanol–water partition coefficient (Wildman–Crippen LogP) is 1.18. The van der Waals surface area contributed by atoms with Crippen LogP contribution in [0.2, 0.25) is 0 Å². The minimum absolute atomic E-state index is 0.1000. The molecule has 0 aromatic heterocycles. The van der Waals surface area contributed by atoms with E-state index < -0.39 is 23.6 Å². The topological polar surface area (TPSA) is 80.7 Å². The van der Waals surface area contributed by atoms with E-state index in [1.807, 2.05) is 0 Å². The number of ether oxygens (including phenoxy) is 1. The van der Waals surface area contributed by atoms with Crippen LogP contribution in [-0.2, 0) is 19.1 Å². The predicted molar refractivity (Wildman–Crippen MR) is 56.8 cm³/mol. The molecule has 0 aliphatic heterocycles. The van der Waals surface area contributed by atoms with Crippen molar-refractivity contribution in [1.82, 2.24) is 0 Å². The fourth-order valence-corrected chi connectivity index (χ4v) is 1.08. The fraction of sp³-hybridized carbons (Fsp3) is 0.545. The van der Waals surface area contributed by atoms with Gasteiger partial charge >= 0.3 is 11.9 Å².